The number of nitrogens with one attached hydrogen (secondary N) is 1. The minimum Gasteiger partial charge on any atom is -0.480 e. The maximum absolute atomic E-state index is 12.4. The molecule has 23 heavy (non-hydrogen) atoms. The number of aliphatic carboxylic acids is 1. The second kappa shape index (κ2) is 6.60. The number of nitrogens with zero attached hydrogens (tertiary/aromatic N) is 1. The van der Waals surface area contributed by atoms with Crippen molar-refractivity contribution in [2.75, 3.05) is 0 Å². The van der Waals surface area contributed by atoms with E-state index < -0.39 is 36.3 Å². The normalized spacial score (nSPS) is 33.7. The molecule has 0 saturated carbocycles. The van der Waals surface area contributed by atoms with Crippen molar-refractivity contribution >= 4 is 18.0 Å². The van der Waals surface area contributed by atoms with E-state index in [2.05, 4.69) is 5.32 Å². The van der Waals surface area contributed by atoms with Gasteiger partial charge in [-0.1, -0.05) is 26.0 Å². The predicted molar refractivity (Wildman–Crippen MR) is 82.7 cm³/mol. The van der Waals surface area contributed by atoms with Crippen molar-refractivity contribution in [3.63, 3.8) is 0 Å². The number of carboxylic acid groups (broad SMARTS) is 1. The Labute approximate surface area is 135 Å². The Bertz CT molecular complexity index is 531. The molecule has 2 aliphatic rings. The van der Waals surface area contributed by atoms with Crippen LogP contribution in [0.4, 0.5) is 4.79 Å². The van der Waals surface area contributed by atoms with Gasteiger partial charge in [-0.25, -0.2) is 9.59 Å². The Hall–Kier alpha value is -2.05. The molecule has 0 aliphatic carbocycles. The van der Waals surface area contributed by atoms with Gasteiger partial charge in [0.2, 0.25) is 5.91 Å². The van der Waals surface area contributed by atoms with Gasteiger partial charge in [0.1, 0.15) is 12.1 Å². The molecule has 2 aliphatic heterocycles. The highest BCUT2D eigenvalue weighted by atomic mass is 16.6. The van der Waals surface area contributed by atoms with Gasteiger partial charge in [0.15, 0.2) is 0 Å². The molecule has 7 heteroatoms. The molecule has 128 valence electrons. The van der Waals surface area contributed by atoms with Gasteiger partial charge in [-0.2, -0.15) is 0 Å². The highest BCUT2D eigenvalue weighted by Gasteiger charge is 2.56. The maximum Gasteiger partial charge on any atom is 0.411 e. The summed E-state index contributed by atoms with van der Waals surface area (Å²) >= 11 is 0. The second-order valence-electron chi connectivity index (χ2n) is 6.50. The van der Waals surface area contributed by atoms with Crippen molar-refractivity contribution in [1.29, 1.82) is 0 Å². The molecule has 5 atom stereocenters. The number of carbonyl (C=O) groups excluding carboxylic acids is 2. The van der Waals surface area contributed by atoms with Gasteiger partial charge in [-0.15, -0.1) is 0 Å². The monoisotopic (exact) mass is 324 g/mol. The summed E-state index contributed by atoms with van der Waals surface area (Å²) in [5.41, 5.74) is 0. The standard InChI is InChI=1S/C16H24N2O5/c1-5-6-10-7-11(15(20)21)18-13(10)12(17-9(4)19)14(8(2)3)23-16(18)22/h5-6,8,10-14H,7H2,1-4H3,(H,17,19)(H,20,21)/b6-5-/t10-,11-,12-,13-,14+/m1/s1. The van der Waals surface area contributed by atoms with Crippen LogP contribution in [-0.4, -0.2) is 52.2 Å². The van der Waals surface area contributed by atoms with Crippen molar-refractivity contribution in [3.8, 4) is 0 Å². The Morgan fingerprint density at radius 3 is 2.57 bits per heavy atom. The number of hydrogen-bond donors (Lipinski definition) is 2. The van der Waals surface area contributed by atoms with Crippen LogP contribution < -0.4 is 5.32 Å². The molecule has 0 bridgehead atoms. The Morgan fingerprint density at radius 2 is 2.09 bits per heavy atom. The number of amides is 2. The lowest BCUT2D eigenvalue weighted by Gasteiger charge is -2.45. The molecule has 0 aromatic rings. The van der Waals surface area contributed by atoms with Crippen molar-refractivity contribution in [1.82, 2.24) is 10.2 Å². The molecule has 2 saturated heterocycles. The first-order chi connectivity index (χ1) is 10.8. The lowest BCUT2D eigenvalue weighted by atomic mass is 9.85. The van der Waals surface area contributed by atoms with Crippen LogP contribution in [0.25, 0.3) is 0 Å². The van der Waals surface area contributed by atoms with Crippen molar-refractivity contribution in [2.24, 2.45) is 11.8 Å². The highest BCUT2D eigenvalue weighted by Crippen LogP contribution is 2.39. The Balaban J connectivity index is 2.45. The summed E-state index contributed by atoms with van der Waals surface area (Å²) in [5.74, 6) is -1.40. The van der Waals surface area contributed by atoms with Gasteiger partial charge in [0.25, 0.3) is 0 Å². The van der Waals surface area contributed by atoms with Crippen LogP contribution in [0.1, 0.15) is 34.1 Å². The number of carbonyl (C=O) groups is 3. The molecule has 2 rings (SSSR count). The third-order valence-electron chi connectivity index (χ3n) is 4.51. The molecule has 2 N–H and O–H groups in total. The topological polar surface area (TPSA) is 95.9 Å². The van der Waals surface area contributed by atoms with Crippen molar-refractivity contribution in [2.45, 2.75) is 58.3 Å². The Morgan fingerprint density at radius 1 is 1.43 bits per heavy atom. The molecule has 0 aromatic carbocycles. The number of cyclic esters (lactones) is 1. The molecule has 7 nitrogen and oxygen atoms in total. The predicted octanol–water partition coefficient (Wildman–Crippen LogP) is 1.39. The van der Waals surface area contributed by atoms with E-state index >= 15 is 0 Å². The summed E-state index contributed by atoms with van der Waals surface area (Å²) in [6.45, 7) is 7.09. The van der Waals surface area contributed by atoms with Gasteiger partial charge in [-0.3, -0.25) is 9.69 Å². The zero-order valence-corrected chi connectivity index (χ0v) is 13.9. The summed E-state index contributed by atoms with van der Waals surface area (Å²) in [6, 6.07) is -1.78. The molecular formula is C16H24N2O5. The second-order valence-corrected chi connectivity index (χ2v) is 6.50. The fraction of sp³-hybridized carbons (Fsp3) is 0.688. The van der Waals surface area contributed by atoms with Crippen molar-refractivity contribution < 1.29 is 24.2 Å². The van der Waals surface area contributed by atoms with Crippen molar-refractivity contribution in [3.05, 3.63) is 12.2 Å². The molecule has 2 amide bonds. The summed E-state index contributed by atoms with van der Waals surface area (Å²) in [4.78, 5) is 36.8. The van der Waals surface area contributed by atoms with Gasteiger partial charge < -0.3 is 15.2 Å². The first-order valence-electron chi connectivity index (χ1n) is 7.89. The van der Waals surface area contributed by atoms with E-state index in [9.17, 15) is 19.5 Å². The molecular weight excluding hydrogens is 300 g/mol. The minimum absolute atomic E-state index is 0.00749. The number of rotatable bonds is 4. The zero-order chi connectivity index (χ0) is 17.3. The van der Waals surface area contributed by atoms with Crippen LogP contribution in [0, 0.1) is 11.8 Å². The first kappa shape index (κ1) is 17.3. The van der Waals surface area contributed by atoms with Gasteiger partial charge >= 0.3 is 12.1 Å². The zero-order valence-electron chi connectivity index (χ0n) is 13.9. The molecule has 0 spiro atoms. The van der Waals surface area contributed by atoms with E-state index in [1.807, 2.05) is 32.9 Å². The van der Waals surface area contributed by atoms with E-state index in [1.54, 1.807) is 0 Å². The number of allylic oxidation sites excluding steroid dienone is 1. The van der Waals surface area contributed by atoms with E-state index in [4.69, 9.17) is 4.74 Å². The summed E-state index contributed by atoms with van der Waals surface area (Å²) in [5, 5.41) is 12.3. The fourth-order valence-electron chi connectivity index (χ4n) is 3.67. The van der Waals surface area contributed by atoms with E-state index in [0.717, 1.165) is 0 Å². The van der Waals surface area contributed by atoms with Crippen LogP contribution in [0.5, 0.6) is 0 Å². The minimum atomic E-state index is -1.05. The van der Waals surface area contributed by atoms with Crippen LogP contribution >= 0.6 is 0 Å². The third-order valence-corrected chi connectivity index (χ3v) is 4.51. The summed E-state index contributed by atoms with van der Waals surface area (Å²) in [6.07, 6.45) is 2.98. The number of ether oxygens (including phenoxy) is 1. The van der Waals surface area contributed by atoms with Crippen LogP contribution in [0.3, 0.4) is 0 Å². The maximum atomic E-state index is 12.4. The quantitative estimate of drug-likeness (QED) is 0.762. The SMILES string of the molecule is C/C=C\[C@@H]1C[C@H](C(=O)O)N2C(=O)O[C@@H](C(C)C)[C@H](NC(C)=O)[C@@H]12. The number of carboxylic acids is 1. The van der Waals surface area contributed by atoms with E-state index in [-0.39, 0.29) is 17.7 Å². The Kier molecular flexibility index (Phi) is 4.97. The fourth-order valence-corrected chi connectivity index (χ4v) is 3.67. The van der Waals surface area contributed by atoms with Crippen LogP contribution in [-0.2, 0) is 14.3 Å². The van der Waals surface area contributed by atoms with E-state index in [0.29, 0.717) is 6.42 Å². The van der Waals surface area contributed by atoms with Gasteiger partial charge in [0.05, 0.1) is 12.1 Å². The average molecular weight is 324 g/mol. The highest BCUT2D eigenvalue weighted by molar-refractivity contribution is 5.82. The first-order valence-corrected chi connectivity index (χ1v) is 7.89. The lowest BCUT2D eigenvalue weighted by Crippen LogP contribution is -2.66. The average Bonchev–Trinajstić information content (AvgIpc) is 2.82. The summed E-state index contributed by atoms with van der Waals surface area (Å²) in [7, 11) is 0. The van der Waals surface area contributed by atoms with Gasteiger partial charge in [0, 0.05) is 12.8 Å². The smallest absolute Gasteiger partial charge is 0.411 e. The number of hydrogen-bond acceptors (Lipinski definition) is 4. The largest absolute Gasteiger partial charge is 0.480 e. The van der Waals surface area contributed by atoms with E-state index in [1.165, 1.54) is 11.8 Å². The molecule has 2 fully saturated rings. The molecule has 0 unspecified atom stereocenters. The summed E-state index contributed by atoms with van der Waals surface area (Å²) < 4.78 is 5.47. The lowest BCUT2D eigenvalue weighted by molar-refractivity contribution is -0.144. The molecule has 2 heterocycles. The third kappa shape index (κ3) is 3.18. The number of fused-ring (bicyclic) bond motifs is 1. The molecule has 0 radical (unpaired) electrons. The van der Waals surface area contributed by atoms with Crippen LogP contribution in [0.2, 0.25) is 0 Å². The van der Waals surface area contributed by atoms with Crippen LogP contribution in [0.15, 0.2) is 12.2 Å². The molecule has 0 aromatic heterocycles. The van der Waals surface area contributed by atoms with Gasteiger partial charge in [-0.05, 0) is 19.3 Å².